The Kier molecular flexibility index (Phi) is 4.04. The van der Waals surface area contributed by atoms with Gasteiger partial charge in [0.15, 0.2) is 11.6 Å². The van der Waals surface area contributed by atoms with Gasteiger partial charge in [0.1, 0.15) is 4.32 Å². The predicted molar refractivity (Wildman–Crippen MR) is 88.1 cm³/mol. The quantitative estimate of drug-likeness (QED) is 0.662. The molecule has 1 fully saturated rings. The van der Waals surface area contributed by atoms with Gasteiger partial charge in [-0.3, -0.25) is 4.79 Å². The molecule has 0 spiro atoms. The molecule has 0 atom stereocenters. The highest BCUT2D eigenvalue weighted by molar-refractivity contribution is 8.26. The molecule has 1 saturated heterocycles. The highest BCUT2D eigenvalue weighted by Crippen LogP contribution is 2.27. The minimum atomic E-state index is -0.878. The Morgan fingerprint density at radius 1 is 1.00 bits per heavy atom. The maximum Gasteiger partial charge on any atom is 0.263 e. The molecule has 1 heterocycles. The van der Waals surface area contributed by atoms with E-state index in [2.05, 4.69) is 5.32 Å². The van der Waals surface area contributed by atoms with Gasteiger partial charge in [0, 0.05) is 0 Å². The van der Waals surface area contributed by atoms with Crippen LogP contribution in [0.4, 0.5) is 8.78 Å². The molecule has 0 aliphatic carbocycles. The Balaban J connectivity index is 1.87. The van der Waals surface area contributed by atoms with Crippen LogP contribution in [-0.4, -0.2) is 10.2 Å². The molecule has 0 saturated carbocycles. The Bertz CT molecular complexity index is 800. The summed E-state index contributed by atoms with van der Waals surface area (Å²) in [5.41, 5.74) is 2.18. The summed E-state index contributed by atoms with van der Waals surface area (Å²) in [4.78, 5) is 12.1. The van der Waals surface area contributed by atoms with E-state index in [1.54, 1.807) is 30.3 Å². The van der Waals surface area contributed by atoms with Gasteiger partial charge in [-0.15, -0.1) is 0 Å². The summed E-state index contributed by atoms with van der Waals surface area (Å²) >= 11 is 6.13. The van der Waals surface area contributed by atoms with E-state index in [4.69, 9.17) is 12.2 Å². The smallest absolute Gasteiger partial charge is 0.263 e. The number of carbonyl (C=O) groups excluding carboxylic acids is 1. The molecule has 0 unspecified atom stereocenters. The van der Waals surface area contributed by atoms with E-state index in [0.717, 1.165) is 23.3 Å². The number of thiocarbonyl (C=S) groups is 1. The molecular weight excluding hydrogens is 324 g/mol. The number of hydrogen-bond acceptors (Lipinski definition) is 3. The predicted octanol–water partition coefficient (Wildman–Crippen LogP) is 4.12. The lowest BCUT2D eigenvalue weighted by molar-refractivity contribution is -0.115. The second-order valence-electron chi connectivity index (χ2n) is 4.60. The average Bonchev–Trinajstić information content (AvgIpc) is 2.81. The van der Waals surface area contributed by atoms with Crippen LogP contribution in [0.1, 0.15) is 5.56 Å². The molecule has 3 rings (SSSR count). The van der Waals surface area contributed by atoms with Crippen molar-refractivity contribution in [3.8, 4) is 11.1 Å². The van der Waals surface area contributed by atoms with Gasteiger partial charge < -0.3 is 5.32 Å². The number of nitrogens with one attached hydrogen (secondary N) is 1. The second kappa shape index (κ2) is 5.98. The standard InChI is InChI=1S/C16H9F2NOS2/c17-12-6-5-11(8-13(12)18)10-3-1-9(2-4-10)7-14-15(20)19-16(21)22-14/h1-8H,(H,19,20,21)/b14-7-. The van der Waals surface area contributed by atoms with E-state index < -0.39 is 11.6 Å². The summed E-state index contributed by atoms with van der Waals surface area (Å²) in [5.74, 6) is -1.96. The zero-order valence-corrected chi connectivity index (χ0v) is 12.7. The second-order valence-corrected chi connectivity index (χ2v) is 6.32. The lowest BCUT2D eigenvalue weighted by atomic mass is 10.0. The molecule has 1 N–H and O–H groups in total. The number of amides is 1. The largest absolute Gasteiger partial charge is 0.307 e. The number of hydrogen-bond donors (Lipinski definition) is 1. The summed E-state index contributed by atoms with van der Waals surface area (Å²) in [7, 11) is 0. The number of benzene rings is 2. The van der Waals surface area contributed by atoms with E-state index in [0.29, 0.717) is 14.8 Å². The van der Waals surface area contributed by atoms with Crippen molar-refractivity contribution in [3.05, 3.63) is 64.6 Å². The van der Waals surface area contributed by atoms with Crippen LogP contribution in [0.2, 0.25) is 0 Å². The van der Waals surface area contributed by atoms with E-state index in [1.807, 2.05) is 0 Å². The van der Waals surface area contributed by atoms with Gasteiger partial charge in [-0.2, -0.15) is 0 Å². The first-order chi connectivity index (χ1) is 10.5. The Morgan fingerprint density at radius 2 is 1.68 bits per heavy atom. The molecule has 0 bridgehead atoms. The van der Waals surface area contributed by atoms with Gasteiger partial charge in [-0.1, -0.05) is 54.3 Å². The maximum absolute atomic E-state index is 13.3. The van der Waals surface area contributed by atoms with Crippen molar-refractivity contribution in [1.82, 2.24) is 5.32 Å². The molecular formula is C16H9F2NOS2. The van der Waals surface area contributed by atoms with Crippen LogP contribution in [0.5, 0.6) is 0 Å². The van der Waals surface area contributed by atoms with Gasteiger partial charge >= 0.3 is 0 Å². The van der Waals surface area contributed by atoms with Crippen molar-refractivity contribution in [1.29, 1.82) is 0 Å². The van der Waals surface area contributed by atoms with Crippen molar-refractivity contribution >= 4 is 40.3 Å². The van der Waals surface area contributed by atoms with Crippen molar-refractivity contribution in [3.63, 3.8) is 0 Å². The van der Waals surface area contributed by atoms with Crippen LogP contribution >= 0.6 is 24.0 Å². The van der Waals surface area contributed by atoms with Gasteiger partial charge in [0.25, 0.3) is 5.91 Å². The molecule has 2 aromatic rings. The Labute approximate surface area is 135 Å². The number of rotatable bonds is 2. The van der Waals surface area contributed by atoms with Crippen LogP contribution in [0.3, 0.4) is 0 Å². The number of halogens is 2. The normalized spacial score (nSPS) is 16.2. The highest BCUT2D eigenvalue weighted by Gasteiger charge is 2.21. The first-order valence-electron chi connectivity index (χ1n) is 6.33. The Morgan fingerprint density at radius 3 is 2.27 bits per heavy atom. The first-order valence-corrected chi connectivity index (χ1v) is 7.56. The fourth-order valence-corrected chi connectivity index (χ4v) is 3.06. The summed E-state index contributed by atoms with van der Waals surface area (Å²) in [6, 6.07) is 11.0. The van der Waals surface area contributed by atoms with Crippen LogP contribution in [0, 0.1) is 11.6 Å². The topological polar surface area (TPSA) is 29.1 Å². The summed E-state index contributed by atoms with van der Waals surface area (Å²) in [6.07, 6.45) is 1.73. The van der Waals surface area contributed by atoms with Gasteiger partial charge in [-0.25, -0.2) is 8.78 Å². The molecule has 6 heteroatoms. The molecule has 0 radical (unpaired) electrons. The zero-order chi connectivity index (χ0) is 15.7. The minimum absolute atomic E-state index is 0.209. The van der Waals surface area contributed by atoms with Crippen LogP contribution in [0.25, 0.3) is 17.2 Å². The van der Waals surface area contributed by atoms with E-state index >= 15 is 0 Å². The average molecular weight is 333 g/mol. The number of carbonyl (C=O) groups is 1. The van der Waals surface area contributed by atoms with E-state index in [-0.39, 0.29) is 5.91 Å². The lowest BCUT2D eigenvalue weighted by Crippen LogP contribution is -2.17. The third-order valence-corrected chi connectivity index (χ3v) is 4.27. The van der Waals surface area contributed by atoms with Gasteiger partial charge in [-0.05, 0) is 34.9 Å². The van der Waals surface area contributed by atoms with Gasteiger partial charge in [0.05, 0.1) is 4.91 Å². The molecule has 0 aromatic heterocycles. The molecule has 1 aliphatic rings. The van der Waals surface area contributed by atoms with E-state index in [1.165, 1.54) is 17.8 Å². The van der Waals surface area contributed by atoms with Crippen LogP contribution in [-0.2, 0) is 4.79 Å². The fourth-order valence-electron chi connectivity index (χ4n) is 2.02. The van der Waals surface area contributed by atoms with Crippen molar-refractivity contribution in [2.75, 3.05) is 0 Å². The summed E-state index contributed by atoms with van der Waals surface area (Å²) < 4.78 is 26.6. The lowest BCUT2D eigenvalue weighted by Gasteiger charge is -2.03. The van der Waals surface area contributed by atoms with Crippen molar-refractivity contribution < 1.29 is 13.6 Å². The SMILES string of the molecule is O=C1NC(=S)S/C1=C\c1ccc(-c2ccc(F)c(F)c2)cc1. The first kappa shape index (κ1) is 14.9. The highest BCUT2D eigenvalue weighted by atomic mass is 32.2. The minimum Gasteiger partial charge on any atom is -0.307 e. The van der Waals surface area contributed by atoms with Crippen LogP contribution < -0.4 is 5.32 Å². The van der Waals surface area contributed by atoms with Crippen molar-refractivity contribution in [2.45, 2.75) is 0 Å². The van der Waals surface area contributed by atoms with E-state index in [9.17, 15) is 13.6 Å². The molecule has 2 nitrogen and oxygen atoms in total. The monoisotopic (exact) mass is 333 g/mol. The Hall–Kier alpha value is -2.05. The number of thioether (sulfide) groups is 1. The molecule has 1 aliphatic heterocycles. The summed E-state index contributed by atoms with van der Waals surface area (Å²) in [5, 5.41) is 2.55. The molecule has 110 valence electrons. The maximum atomic E-state index is 13.3. The van der Waals surface area contributed by atoms with Crippen LogP contribution in [0.15, 0.2) is 47.4 Å². The van der Waals surface area contributed by atoms with Crippen molar-refractivity contribution in [2.24, 2.45) is 0 Å². The fraction of sp³-hybridized carbons (Fsp3) is 0. The molecule has 1 amide bonds. The van der Waals surface area contributed by atoms with Gasteiger partial charge in [0.2, 0.25) is 0 Å². The third kappa shape index (κ3) is 3.08. The summed E-state index contributed by atoms with van der Waals surface area (Å²) in [6.45, 7) is 0. The zero-order valence-electron chi connectivity index (χ0n) is 11.1. The molecule has 22 heavy (non-hydrogen) atoms. The molecule has 2 aromatic carbocycles. The third-order valence-electron chi connectivity index (χ3n) is 3.10.